The summed E-state index contributed by atoms with van der Waals surface area (Å²) in [6, 6.07) is 6.68. The van der Waals surface area contributed by atoms with Gasteiger partial charge in [-0.3, -0.25) is 10.1 Å². The van der Waals surface area contributed by atoms with Crippen LogP contribution in [0.1, 0.15) is 32.1 Å². The van der Waals surface area contributed by atoms with Crippen molar-refractivity contribution < 1.29 is 10.0 Å². The number of benzene rings is 1. The van der Waals surface area contributed by atoms with E-state index in [2.05, 4.69) is 5.32 Å². The number of nitro groups is 1. The molecule has 2 N–H and O–H groups in total. The highest BCUT2D eigenvalue weighted by atomic mass is 16.6. The molecule has 5 nitrogen and oxygen atoms in total. The Morgan fingerprint density at radius 2 is 1.78 bits per heavy atom. The third-order valence-electron chi connectivity index (χ3n) is 2.75. The molecule has 0 aromatic heterocycles. The monoisotopic (exact) mass is 252 g/mol. The molecular weight excluding hydrogens is 232 g/mol. The molecule has 0 aliphatic carbocycles. The van der Waals surface area contributed by atoms with Crippen molar-refractivity contribution in [1.82, 2.24) is 0 Å². The summed E-state index contributed by atoms with van der Waals surface area (Å²) >= 11 is 0. The van der Waals surface area contributed by atoms with Gasteiger partial charge in [-0.05, 0) is 18.9 Å². The van der Waals surface area contributed by atoms with E-state index in [0.29, 0.717) is 5.69 Å². The van der Waals surface area contributed by atoms with Crippen molar-refractivity contribution in [3.8, 4) is 0 Å². The molecule has 0 aliphatic rings. The second kappa shape index (κ2) is 8.47. The van der Waals surface area contributed by atoms with Gasteiger partial charge in [0.05, 0.1) is 4.92 Å². The molecule has 0 saturated heterocycles. The molecule has 0 unspecified atom stereocenters. The lowest BCUT2D eigenvalue weighted by Crippen LogP contribution is -2.04. The molecule has 0 aliphatic heterocycles. The Bertz CT molecular complexity index is 369. The molecule has 100 valence electrons. The van der Waals surface area contributed by atoms with Gasteiger partial charge < -0.3 is 10.4 Å². The van der Waals surface area contributed by atoms with Crippen LogP contribution in [0.25, 0.3) is 0 Å². The number of nitrogens with one attached hydrogen (secondary N) is 1. The van der Waals surface area contributed by atoms with E-state index in [-0.39, 0.29) is 17.2 Å². The van der Waals surface area contributed by atoms with Crippen molar-refractivity contribution in [2.75, 3.05) is 18.5 Å². The van der Waals surface area contributed by atoms with E-state index in [1.54, 1.807) is 18.2 Å². The number of nitrogens with zero attached hydrogens (tertiary/aromatic N) is 1. The predicted molar refractivity (Wildman–Crippen MR) is 71.8 cm³/mol. The first-order valence-electron chi connectivity index (χ1n) is 6.34. The van der Waals surface area contributed by atoms with E-state index in [4.69, 9.17) is 5.11 Å². The summed E-state index contributed by atoms with van der Waals surface area (Å²) in [7, 11) is 0. The zero-order valence-electron chi connectivity index (χ0n) is 10.5. The van der Waals surface area contributed by atoms with Gasteiger partial charge in [0, 0.05) is 19.2 Å². The fourth-order valence-corrected chi connectivity index (χ4v) is 1.77. The van der Waals surface area contributed by atoms with E-state index < -0.39 is 0 Å². The zero-order valence-corrected chi connectivity index (χ0v) is 10.5. The molecule has 0 bridgehead atoms. The zero-order chi connectivity index (χ0) is 13.2. The fourth-order valence-electron chi connectivity index (χ4n) is 1.77. The van der Waals surface area contributed by atoms with Gasteiger partial charge in [0.25, 0.3) is 5.69 Å². The summed E-state index contributed by atoms with van der Waals surface area (Å²) in [6.45, 7) is 0.998. The number of unbranched alkanes of at least 4 members (excludes halogenated alkanes) is 4. The van der Waals surface area contributed by atoms with Crippen LogP contribution in [0.15, 0.2) is 24.3 Å². The highest BCUT2D eigenvalue weighted by Gasteiger charge is 2.10. The normalized spacial score (nSPS) is 10.3. The topological polar surface area (TPSA) is 75.4 Å². The van der Waals surface area contributed by atoms with Gasteiger partial charge in [0.2, 0.25) is 0 Å². The minimum absolute atomic E-state index is 0.123. The quantitative estimate of drug-likeness (QED) is 0.402. The average molecular weight is 252 g/mol. The van der Waals surface area contributed by atoms with Crippen LogP contribution in [0.2, 0.25) is 0 Å². The van der Waals surface area contributed by atoms with Crippen molar-refractivity contribution >= 4 is 11.4 Å². The second-order valence-corrected chi connectivity index (χ2v) is 4.19. The molecule has 0 spiro atoms. The van der Waals surface area contributed by atoms with Crippen LogP contribution in [-0.4, -0.2) is 23.2 Å². The van der Waals surface area contributed by atoms with Gasteiger partial charge in [-0.1, -0.05) is 31.4 Å². The van der Waals surface area contributed by atoms with Crippen molar-refractivity contribution in [3.05, 3.63) is 34.4 Å². The molecule has 0 amide bonds. The van der Waals surface area contributed by atoms with E-state index in [1.807, 2.05) is 0 Å². The Morgan fingerprint density at radius 3 is 2.50 bits per heavy atom. The van der Waals surface area contributed by atoms with Crippen LogP contribution in [0, 0.1) is 10.1 Å². The number of rotatable bonds is 9. The maximum absolute atomic E-state index is 10.8. The molecule has 0 radical (unpaired) electrons. The van der Waals surface area contributed by atoms with Gasteiger partial charge in [-0.2, -0.15) is 0 Å². The van der Waals surface area contributed by atoms with E-state index in [9.17, 15) is 10.1 Å². The number of aliphatic hydroxyl groups is 1. The average Bonchev–Trinajstić information content (AvgIpc) is 2.38. The number of aliphatic hydroxyl groups excluding tert-OH is 1. The number of hydrogen-bond acceptors (Lipinski definition) is 4. The van der Waals surface area contributed by atoms with Crippen molar-refractivity contribution in [2.24, 2.45) is 0 Å². The summed E-state index contributed by atoms with van der Waals surface area (Å²) in [6.07, 6.45) is 5.06. The molecule has 1 aromatic carbocycles. The third kappa shape index (κ3) is 5.14. The maximum atomic E-state index is 10.8. The molecule has 0 heterocycles. The molecular formula is C13H20N2O3. The first-order chi connectivity index (χ1) is 8.75. The second-order valence-electron chi connectivity index (χ2n) is 4.19. The largest absolute Gasteiger partial charge is 0.396 e. The van der Waals surface area contributed by atoms with Crippen molar-refractivity contribution in [1.29, 1.82) is 0 Å². The molecule has 18 heavy (non-hydrogen) atoms. The SMILES string of the molecule is O=[N+]([O-])c1ccccc1NCCCCCCCO. The first kappa shape index (κ1) is 14.4. The van der Waals surface area contributed by atoms with Crippen LogP contribution < -0.4 is 5.32 Å². The Labute approximate surface area is 107 Å². The van der Waals surface area contributed by atoms with Crippen LogP contribution in [0.4, 0.5) is 11.4 Å². The van der Waals surface area contributed by atoms with Gasteiger partial charge in [-0.25, -0.2) is 0 Å². The van der Waals surface area contributed by atoms with Gasteiger partial charge in [-0.15, -0.1) is 0 Å². The van der Waals surface area contributed by atoms with Gasteiger partial charge in [0.15, 0.2) is 0 Å². The molecule has 0 saturated carbocycles. The van der Waals surface area contributed by atoms with Crippen LogP contribution >= 0.6 is 0 Å². The minimum atomic E-state index is -0.371. The predicted octanol–water partition coefficient (Wildman–Crippen LogP) is 2.95. The summed E-state index contributed by atoms with van der Waals surface area (Å²) in [5.41, 5.74) is 0.704. The number of hydrogen-bond donors (Lipinski definition) is 2. The van der Waals surface area contributed by atoms with Crippen LogP contribution in [0.5, 0.6) is 0 Å². The Hall–Kier alpha value is -1.62. The molecule has 1 rings (SSSR count). The highest BCUT2D eigenvalue weighted by molar-refractivity contribution is 5.60. The summed E-state index contributed by atoms with van der Waals surface area (Å²) in [5, 5.41) is 22.5. The molecule has 0 fully saturated rings. The Morgan fingerprint density at radius 1 is 1.11 bits per heavy atom. The van der Waals surface area contributed by atoms with Crippen LogP contribution in [0.3, 0.4) is 0 Å². The lowest BCUT2D eigenvalue weighted by atomic mass is 10.1. The molecule has 5 heteroatoms. The standard InChI is InChI=1S/C13H20N2O3/c16-11-7-3-1-2-6-10-14-12-8-4-5-9-13(12)15(17)18/h4-5,8-9,14,16H,1-3,6-7,10-11H2. The van der Waals surface area contributed by atoms with Gasteiger partial charge >= 0.3 is 0 Å². The smallest absolute Gasteiger partial charge is 0.292 e. The van der Waals surface area contributed by atoms with Crippen molar-refractivity contribution in [3.63, 3.8) is 0 Å². The summed E-state index contributed by atoms with van der Waals surface area (Å²) in [5.74, 6) is 0. The third-order valence-corrected chi connectivity index (χ3v) is 2.75. The number of para-hydroxylation sites is 2. The lowest BCUT2D eigenvalue weighted by molar-refractivity contribution is -0.384. The van der Waals surface area contributed by atoms with E-state index >= 15 is 0 Å². The summed E-state index contributed by atoms with van der Waals surface area (Å²) in [4.78, 5) is 10.4. The van der Waals surface area contributed by atoms with Gasteiger partial charge in [0.1, 0.15) is 5.69 Å². The van der Waals surface area contributed by atoms with Crippen LogP contribution in [-0.2, 0) is 0 Å². The minimum Gasteiger partial charge on any atom is -0.396 e. The van der Waals surface area contributed by atoms with E-state index in [0.717, 1.165) is 38.6 Å². The first-order valence-corrected chi connectivity index (χ1v) is 6.34. The highest BCUT2D eigenvalue weighted by Crippen LogP contribution is 2.23. The molecule has 1 aromatic rings. The molecule has 0 atom stereocenters. The van der Waals surface area contributed by atoms with E-state index in [1.165, 1.54) is 6.07 Å². The lowest BCUT2D eigenvalue weighted by Gasteiger charge is -2.06. The number of anilines is 1. The number of nitro benzene ring substituents is 1. The Balaban J connectivity index is 2.25. The fraction of sp³-hybridized carbons (Fsp3) is 0.538. The van der Waals surface area contributed by atoms with Crippen molar-refractivity contribution in [2.45, 2.75) is 32.1 Å². The summed E-state index contributed by atoms with van der Waals surface area (Å²) < 4.78 is 0. The maximum Gasteiger partial charge on any atom is 0.292 e. The Kier molecular flexibility index (Phi) is 6.79.